The number of carboxylic acid groups (broad SMARTS) is 1. The number of piperidine rings is 1. The molecule has 1 saturated heterocycles. The number of aliphatic carboxylic acids is 1. The molecule has 0 aromatic carbocycles. The Bertz CT molecular complexity index is 417. The standard InChI is InChI=1S/C11H18N4O2/c1-11(10(16)17)5-3-4-6-15(11)7-9-12-8-13-14(9)2/h8H,3-7H2,1-2H3,(H,16,17). The molecule has 1 fully saturated rings. The summed E-state index contributed by atoms with van der Waals surface area (Å²) in [5.41, 5.74) is -0.774. The SMILES string of the molecule is Cn1ncnc1CN1CCCCC1(C)C(=O)O. The Balaban J connectivity index is 2.18. The molecule has 0 aliphatic carbocycles. The topological polar surface area (TPSA) is 71.2 Å². The Morgan fingerprint density at radius 3 is 2.94 bits per heavy atom. The average molecular weight is 238 g/mol. The molecule has 6 heteroatoms. The fourth-order valence-corrected chi connectivity index (χ4v) is 2.31. The van der Waals surface area contributed by atoms with E-state index in [-0.39, 0.29) is 0 Å². The number of hydrogen-bond donors (Lipinski definition) is 1. The lowest BCUT2D eigenvalue weighted by Gasteiger charge is -2.41. The van der Waals surface area contributed by atoms with Crippen molar-refractivity contribution in [3.63, 3.8) is 0 Å². The zero-order valence-electron chi connectivity index (χ0n) is 10.3. The molecular weight excluding hydrogens is 220 g/mol. The Labute approximate surface area is 100 Å². The number of aryl methyl sites for hydroxylation is 1. The normalized spacial score (nSPS) is 26.0. The highest BCUT2D eigenvalue weighted by atomic mass is 16.4. The van der Waals surface area contributed by atoms with Crippen LogP contribution in [0.3, 0.4) is 0 Å². The largest absolute Gasteiger partial charge is 0.480 e. The molecule has 1 aliphatic rings. The molecule has 2 heterocycles. The Kier molecular flexibility index (Phi) is 3.15. The number of nitrogens with zero attached hydrogens (tertiary/aromatic N) is 4. The van der Waals surface area contributed by atoms with Gasteiger partial charge < -0.3 is 5.11 Å². The maximum Gasteiger partial charge on any atom is 0.323 e. The average Bonchev–Trinajstić information content (AvgIpc) is 2.68. The molecule has 1 unspecified atom stereocenters. The van der Waals surface area contributed by atoms with Gasteiger partial charge in [0.15, 0.2) is 0 Å². The lowest BCUT2D eigenvalue weighted by molar-refractivity contribution is -0.153. The van der Waals surface area contributed by atoms with E-state index < -0.39 is 11.5 Å². The third kappa shape index (κ3) is 2.17. The first-order valence-electron chi connectivity index (χ1n) is 5.85. The van der Waals surface area contributed by atoms with Crippen molar-refractivity contribution in [3.8, 4) is 0 Å². The summed E-state index contributed by atoms with van der Waals surface area (Å²) in [7, 11) is 1.82. The van der Waals surface area contributed by atoms with Crippen molar-refractivity contribution < 1.29 is 9.90 Å². The van der Waals surface area contributed by atoms with Gasteiger partial charge in [-0.15, -0.1) is 0 Å². The highest BCUT2D eigenvalue weighted by molar-refractivity contribution is 5.78. The summed E-state index contributed by atoms with van der Waals surface area (Å²) in [6, 6.07) is 0. The summed E-state index contributed by atoms with van der Waals surface area (Å²) in [6.45, 7) is 3.14. The van der Waals surface area contributed by atoms with Crippen LogP contribution in [0, 0.1) is 0 Å². The van der Waals surface area contributed by atoms with E-state index in [0.29, 0.717) is 13.0 Å². The number of carboxylic acids is 1. The Morgan fingerprint density at radius 2 is 2.35 bits per heavy atom. The quantitative estimate of drug-likeness (QED) is 0.837. The number of aromatic nitrogens is 3. The van der Waals surface area contributed by atoms with Crippen LogP contribution >= 0.6 is 0 Å². The molecule has 17 heavy (non-hydrogen) atoms. The lowest BCUT2D eigenvalue weighted by atomic mass is 9.88. The third-order valence-electron chi connectivity index (χ3n) is 3.64. The van der Waals surface area contributed by atoms with Crippen molar-refractivity contribution in [1.29, 1.82) is 0 Å². The molecule has 94 valence electrons. The zero-order chi connectivity index (χ0) is 12.5. The number of carbonyl (C=O) groups is 1. The Hall–Kier alpha value is -1.43. The van der Waals surface area contributed by atoms with Crippen LogP contribution in [-0.2, 0) is 18.4 Å². The summed E-state index contributed by atoms with van der Waals surface area (Å²) >= 11 is 0. The monoisotopic (exact) mass is 238 g/mol. The number of hydrogen-bond acceptors (Lipinski definition) is 4. The maximum absolute atomic E-state index is 11.4. The smallest absolute Gasteiger partial charge is 0.323 e. The van der Waals surface area contributed by atoms with Gasteiger partial charge in [-0.3, -0.25) is 14.4 Å². The van der Waals surface area contributed by atoms with Crippen molar-refractivity contribution in [2.24, 2.45) is 7.05 Å². The van der Waals surface area contributed by atoms with Gasteiger partial charge in [-0.2, -0.15) is 5.10 Å². The van der Waals surface area contributed by atoms with Crippen LogP contribution in [0.1, 0.15) is 32.0 Å². The van der Waals surface area contributed by atoms with Gasteiger partial charge in [0.05, 0.1) is 6.54 Å². The van der Waals surface area contributed by atoms with Crippen LogP contribution in [0.5, 0.6) is 0 Å². The van der Waals surface area contributed by atoms with Crippen molar-refractivity contribution in [2.45, 2.75) is 38.3 Å². The van der Waals surface area contributed by atoms with E-state index in [1.165, 1.54) is 6.33 Å². The second-order valence-corrected chi connectivity index (χ2v) is 4.76. The number of likely N-dealkylation sites (tertiary alicyclic amines) is 1. The molecule has 6 nitrogen and oxygen atoms in total. The fourth-order valence-electron chi connectivity index (χ4n) is 2.31. The van der Waals surface area contributed by atoms with Gasteiger partial charge in [-0.05, 0) is 32.7 Å². The van der Waals surface area contributed by atoms with Crippen molar-refractivity contribution >= 4 is 5.97 Å². The highest BCUT2D eigenvalue weighted by Crippen LogP contribution is 2.29. The van der Waals surface area contributed by atoms with Crippen LogP contribution in [0.15, 0.2) is 6.33 Å². The van der Waals surface area contributed by atoms with Gasteiger partial charge >= 0.3 is 5.97 Å². The van der Waals surface area contributed by atoms with Gasteiger partial charge in [0.1, 0.15) is 17.7 Å². The lowest BCUT2D eigenvalue weighted by Crippen LogP contribution is -2.54. The van der Waals surface area contributed by atoms with Crippen LogP contribution in [0.2, 0.25) is 0 Å². The summed E-state index contributed by atoms with van der Waals surface area (Å²) in [5, 5.41) is 13.4. The molecule has 1 aromatic heterocycles. The second-order valence-electron chi connectivity index (χ2n) is 4.76. The molecule has 0 saturated carbocycles. The van der Waals surface area contributed by atoms with Gasteiger partial charge in [0.25, 0.3) is 0 Å². The predicted molar refractivity (Wildman–Crippen MR) is 61.3 cm³/mol. The van der Waals surface area contributed by atoms with E-state index in [9.17, 15) is 9.90 Å². The molecule has 0 radical (unpaired) electrons. The maximum atomic E-state index is 11.4. The van der Waals surface area contributed by atoms with Gasteiger partial charge in [0.2, 0.25) is 0 Å². The molecule has 0 bridgehead atoms. The summed E-state index contributed by atoms with van der Waals surface area (Å²) in [5.74, 6) is 0.0544. The van der Waals surface area contributed by atoms with Gasteiger partial charge in [0, 0.05) is 7.05 Å². The third-order valence-corrected chi connectivity index (χ3v) is 3.64. The van der Waals surface area contributed by atoms with Crippen LogP contribution in [0.25, 0.3) is 0 Å². The molecule has 1 aromatic rings. The minimum absolute atomic E-state index is 0.541. The fraction of sp³-hybridized carbons (Fsp3) is 0.727. The van der Waals surface area contributed by atoms with Crippen LogP contribution in [0.4, 0.5) is 0 Å². The molecule has 1 aliphatic heterocycles. The van der Waals surface area contributed by atoms with Crippen LogP contribution < -0.4 is 0 Å². The van der Waals surface area contributed by atoms with Crippen LogP contribution in [-0.4, -0.2) is 42.8 Å². The summed E-state index contributed by atoms with van der Waals surface area (Å²) in [6.07, 6.45) is 4.20. The summed E-state index contributed by atoms with van der Waals surface area (Å²) < 4.78 is 1.69. The number of rotatable bonds is 3. The van der Waals surface area contributed by atoms with Crippen molar-refractivity contribution in [1.82, 2.24) is 19.7 Å². The van der Waals surface area contributed by atoms with E-state index in [4.69, 9.17) is 0 Å². The first-order valence-corrected chi connectivity index (χ1v) is 5.85. The summed E-state index contributed by atoms with van der Waals surface area (Å²) in [4.78, 5) is 17.6. The second kappa shape index (κ2) is 4.44. The van der Waals surface area contributed by atoms with Crippen molar-refractivity contribution in [2.75, 3.05) is 6.54 Å². The first-order chi connectivity index (χ1) is 8.04. The van der Waals surface area contributed by atoms with Gasteiger partial charge in [-0.25, -0.2) is 4.98 Å². The first kappa shape index (κ1) is 12.0. The highest BCUT2D eigenvalue weighted by Gasteiger charge is 2.41. The minimum atomic E-state index is -0.774. The molecular formula is C11H18N4O2. The minimum Gasteiger partial charge on any atom is -0.480 e. The Morgan fingerprint density at radius 1 is 1.59 bits per heavy atom. The van der Waals surface area contributed by atoms with E-state index in [2.05, 4.69) is 10.1 Å². The molecule has 1 N–H and O–H groups in total. The molecule has 0 amide bonds. The van der Waals surface area contributed by atoms with Gasteiger partial charge in [-0.1, -0.05) is 0 Å². The predicted octanol–water partition coefficient (Wildman–Crippen LogP) is 0.644. The molecule has 1 atom stereocenters. The van der Waals surface area contributed by atoms with E-state index in [1.807, 2.05) is 11.9 Å². The molecule has 0 spiro atoms. The van der Waals surface area contributed by atoms with E-state index >= 15 is 0 Å². The van der Waals surface area contributed by atoms with Crippen molar-refractivity contribution in [3.05, 3.63) is 12.2 Å². The van der Waals surface area contributed by atoms with E-state index in [0.717, 1.165) is 25.2 Å². The van der Waals surface area contributed by atoms with E-state index in [1.54, 1.807) is 11.6 Å². The molecule has 2 rings (SSSR count). The zero-order valence-corrected chi connectivity index (χ0v) is 10.3.